The fourth-order valence-electron chi connectivity index (χ4n) is 2.02. The molecule has 1 N–H and O–H groups in total. The fourth-order valence-corrected chi connectivity index (χ4v) is 2.02. The Morgan fingerprint density at radius 2 is 1.96 bits per heavy atom. The van der Waals surface area contributed by atoms with Crippen molar-refractivity contribution in [3.63, 3.8) is 0 Å². The molecule has 0 bridgehead atoms. The molecule has 0 saturated heterocycles. The van der Waals surface area contributed by atoms with Gasteiger partial charge >= 0.3 is 0 Å². The minimum Gasteiger partial charge on any atom is -0.268 e. The first-order valence-corrected chi connectivity index (χ1v) is 7.86. The molecule has 7 heteroatoms. The summed E-state index contributed by atoms with van der Waals surface area (Å²) in [5.41, 5.74) is 3.14. The van der Waals surface area contributed by atoms with Gasteiger partial charge in [0, 0.05) is 24.4 Å². The Morgan fingerprint density at radius 3 is 2.56 bits per heavy atom. The number of aromatic nitrogens is 2. The lowest BCUT2D eigenvalue weighted by Gasteiger charge is -2.28. The van der Waals surface area contributed by atoms with Crippen LogP contribution in [-0.4, -0.2) is 22.4 Å². The third-order valence-corrected chi connectivity index (χ3v) is 3.45. The van der Waals surface area contributed by atoms with Crippen molar-refractivity contribution in [3.05, 3.63) is 53.7 Å². The van der Waals surface area contributed by atoms with E-state index >= 15 is 0 Å². The Bertz CT molecular complexity index is 777. The summed E-state index contributed by atoms with van der Waals surface area (Å²) >= 11 is 0. The van der Waals surface area contributed by atoms with E-state index in [2.05, 4.69) is 36.2 Å². The molecule has 6 nitrogen and oxygen atoms in total. The summed E-state index contributed by atoms with van der Waals surface area (Å²) in [5, 5.41) is 10.6. The van der Waals surface area contributed by atoms with Crippen molar-refractivity contribution in [2.24, 2.45) is 5.41 Å². The highest BCUT2D eigenvalue weighted by atomic mass is 19.1. The van der Waals surface area contributed by atoms with Gasteiger partial charge < -0.3 is 0 Å². The number of hydrogen-bond acceptors (Lipinski definition) is 5. The van der Waals surface area contributed by atoms with Gasteiger partial charge in [-0.1, -0.05) is 20.8 Å². The van der Waals surface area contributed by atoms with Gasteiger partial charge in [-0.15, -0.1) is 0 Å². The Balaban J connectivity index is 2.22. The first-order valence-electron chi connectivity index (χ1n) is 7.86. The van der Waals surface area contributed by atoms with Crippen molar-refractivity contribution >= 4 is 11.7 Å². The maximum Gasteiger partial charge on any atom is 0.269 e. The normalized spacial score (nSPS) is 10.8. The van der Waals surface area contributed by atoms with E-state index in [1.165, 1.54) is 30.5 Å². The quantitative estimate of drug-likeness (QED) is 0.845. The zero-order chi connectivity index (χ0) is 18.4. The second-order valence-electron chi connectivity index (χ2n) is 6.76. The van der Waals surface area contributed by atoms with Gasteiger partial charge in [-0.05, 0) is 36.1 Å². The van der Waals surface area contributed by atoms with E-state index in [9.17, 15) is 9.18 Å². The number of nitrogens with zero attached hydrogens (tertiary/aromatic N) is 4. The summed E-state index contributed by atoms with van der Waals surface area (Å²) < 4.78 is 13.0. The molecule has 1 amide bonds. The Labute approximate surface area is 146 Å². The summed E-state index contributed by atoms with van der Waals surface area (Å²) in [6.07, 6.45) is 2.25. The predicted octanol–water partition coefficient (Wildman–Crippen LogP) is 3.07. The zero-order valence-electron chi connectivity index (χ0n) is 14.5. The van der Waals surface area contributed by atoms with Crippen LogP contribution in [0.15, 0.2) is 36.5 Å². The van der Waals surface area contributed by atoms with Crippen molar-refractivity contribution in [2.75, 3.05) is 11.6 Å². The van der Waals surface area contributed by atoms with Crippen molar-refractivity contribution in [3.8, 4) is 6.07 Å². The standard InChI is InChI=1S/C18H20FN5O/c1-18(2,3)9-11-24(16-8-10-21-15(12-20)22-16)23-17(25)13-4-6-14(19)7-5-13/h4-8,10H,9,11H2,1-3H3,(H,23,25). The maximum absolute atomic E-state index is 13.0. The highest BCUT2D eigenvalue weighted by Gasteiger charge is 2.18. The fraction of sp³-hybridized carbons (Fsp3) is 0.333. The van der Waals surface area contributed by atoms with E-state index in [-0.39, 0.29) is 17.1 Å². The minimum absolute atomic E-state index is 0.0225. The van der Waals surface area contributed by atoms with Gasteiger partial charge in [0.25, 0.3) is 5.91 Å². The number of rotatable bonds is 5. The number of nitriles is 1. The lowest BCUT2D eigenvalue weighted by Crippen LogP contribution is -2.44. The molecule has 0 radical (unpaired) electrons. The third kappa shape index (κ3) is 5.53. The molecule has 130 valence electrons. The van der Waals surface area contributed by atoms with E-state index in [4.69, 9.17) is 5.26 Å². The van der Waals surface area contributed by atoms with Crippen LogP contribution in [0, 0.1) is 22.6 Å². The number of amides is 1. The summed E-state index contributed by atoms with van der Waals surface area (Å²) in [5.74, 6) is -0.345. The summed E-state index contributed by atoms with van der Waals surface area (Å²) in [6.45, 7) is 6.77. The van der Waals surface area contributed by atoms with E-state index < -0.39 is 5.82 Å². The number of benzene rings is 1. The lowest BCUT2D eigenvalue weighted by molar-refractivity contribution is 0.0947. The van der Waals surface area contributed by atoms with Crippen LogP contribution < -0.4 is 10.4 Å². The summed E-state index contributed by atoms with van der Waals surface area (Å²) in [4.78, 5) is 20.4. The number of anilines is 1. The lowest BCUT2D eigenvalue weighted by atomic mass is 9.92. The number of hydrogen-bond donors (Lipinski definition) is 1. The van der Waals surface area contributed by atoms with Gasteiger partial charge in [-0.3, -0.25) is 15.2 Å². The van der Waals surface area contributed by atoms with Gasteiger partial charge in [0.15, 0.2) is 5.82 Å². The van der Waals surface area contributed by atoms with Crippen LogP contribution in [0.4, 0.5) is 10.2 Å². The Kier molecular flexibility index (Phi) is 5.65. The van der Waals surface area contributed by atoms with Crippen molar-refractivity contribution in [2.45, 2.75) is 27.2 Å². The second-order valence-corrected chi connectivity index (χ2v) is 6.76. The molecule has 0 fully saturated rings. The molecule has 0 atom stereocenters. The zero-order valence-corrected chi connectivity index (χ0v) is 14.5. The van der Waals surface area contributed by atoms with Gasteiger partial charge in [0.05, 0.1) is 0 Å². The van der Waals surface area contributed by atoms with Crippen LogP contribution in [0.25, 0.3) is 0 Å². The van der Waals surface area contributed by atoms with E-state index in [1.54, 1.807) is 11.1 Å². The molecule has 0 aliphatic carbocycles. The molecule has 1 aromatic carbocycles. The SMILES string of the molecule is CC(C)(C)CCN(NC(=O)c1ccc(F)cc1)c1ccnc(C#N)n1. The highest BCUT2D eigenvalue weighted by Crippen LogP contribution is 2.20. The molecule has 0 spiro atoms. The van der Waals surface area contributed by atoms with Crippen molar-refractivity contribution in [1.29, 1.82) is 5.26 Å². The van der Waals surface area contributed by atoms with Gasteiger partial charge in [-0.2, -0.15) is 10.2 Å². The molecule has 25 heavy (non-hydrogen) atoms. The van der Waals surface area contributed by atoms with Crippen LogP contribution in [0.2, 0.25) is 0 Å². The smallest absolute Gasteiger partial charge is 0.268 e. The van der Waals surface area contributed by atoms with E-state index in [0.29, 0.717) is 17.9 Å². The van der Waals surface area contributed by atoms with Crippen LogP contribution in [-0.2, 0) is 0 Å². The molecule has 0 aliphatic heterocycles. The number of nitrogens with one attached hydrogen (secondary N) is 1. The third-order valence-electron chi connectivity index (χ3n) is 3.45. The Hall–Kier alpha value is -3.01. The second kappa shape index (κ2) is 7.71. The van der Waals surface area contributed by atoms with Crippen molar-refractivity contribution in [1.82, 2.24) is 15.4 Å². The van der Waals surface area contributed by atoms with Gasteiger partial charge in [0.2, 0.25) is 5.82 Å². The van der Waals surface area contributed by atoms with Crippen molar-refractivity contribution < 1.29 is 9.18 Å². The van der Waals surface area contributed by atoms with Crippen LogP contribution in [0.5, 0.6) is 0 Å². The molecule has 1 aromatic heterocycles. The molecular formula is C18H20FN5O. The average molecular weight is 341 g/mol. The molecule has 1 heterocycles. The first-order chi connectivity index (χ1) is 11.8. The predicted molar refractivity (Wildman–Crippen MR) is 92.0 cm³/mol. The summed E-state index contributed by atoms with van der Waals surface area (Å²) in [7, 11) is 0. The first kappa shape index (κ1) is 18.3. The molecule has 2 aromatic rings. The van der Waals surface area contributed by atoms with Gasteiger partial charge in [-0.25, -0.2) is 9.37 Å². The number of hydrazine groups is 1. The summed E-state index contributed by atoms with van der Waals surface area (Å²) in [6, 6.07) is 8.78. The molecule has 0 saturated carbocycles. The minimum atomic E-state index is -0.407. The van der Waals surface area contributed by atoms with E-state index in [1.807, 2.05) is 6.07 Å². The largest absolute Gasteiger partial charge is 0.269 e. The van der Waals surface area contributed by atoms with Crippen LogP contribution in [0.3, 0.4) is 0 Å². The number of carbonyl (C=O) groups is 1. The van der Waals surface area contributed by atoms with Crippen LogP contribution in [0.1, 0.15) is 43.4 Å². The topological polar surface area (TPSA) is 81.9 Å². The number of halogens is 1. The Morgan fingerprint density at radius 1 is 1.28 bits per heavy atom. The monoisotopic (exact) mass is 341 g/mol. The molecule has 2 rings (SSSR count). The average Bonchev–Trinajstić information content (AvgIpc) is 2.58. The maximum atomic E-state index is 13.0. The molecule has 0 unspecified atom stereocenters. The number of carbonyl (C=O) groups excluding carboxylic acids is 1. The van der Waals surface area contributed by atoms with Crippen LogP contribution >= 0.6 is 0 Å². The van der Waals surface area contributed by atoms with Gasteiger partial charge in [0.1, 0.15) is 11.9 Å². The highest BCUT2D eigenvalue weighted by molar-refractivity contribution is 5.94. The van der Waals surface area contributed by atoms with E-state index in [0.717, 1.165) is 6.42 Å². The molecule has 0 aliphatic rings. The molecular weight excluding hydrogens is 321 g/mol.